The van der Waals surface area contributed by atoms with Gasteiger partial charge in [-0.1, -0.05) is 37.3 Å². The van der Waals surface area contributed by atoms with Crippen molar-refractivity contribution < 1.29 is 19.1 Å². The molecule has 2 amide bonds. The van der Waals surface area contributed by atoms with Crippen LogP contribution in [-0.4, -0.2) is 48.7 Å². The van der Waals surface area contributed by atoms with Gasteiger partial charge in [-0.05, 0) is 24.5 Å². The summed E-state index contributed by atoms with van der Waals surface area (Å²) in [6.45, 7) is 5.24. The van der Waals surface area contributed by atoms with Crippen LogP contribution >= 0.6 is 11.3 Å². The first-order valence-electron chi connectivity index (χ1n) is 10.3. The number of carbonyl (C=O) groups excluding carboxylic acids is 2. The van der Waals surface area contributed by atoms with Gasteiger partial charge in [0.1, 0.15) is 11.4 Å². The normalized spacial score (nSPS) is 29.3. The molecule has 3 aliphatic rings. The van der Waals surface area contributed by atoms with E-state index < -0.39 is 17.4 Å². The number of hydrogen-bond donors (Lipinski definition) is 1. The quantitative estimate of drug-likeness (QED) is 0.717. The Labute approximate surface area is 179 Å². The van der Waals surface area contributed by atoms with Gasteiger partial charge >= 0.3 is 0 Å². The molecule has 2 saturated heterocycles. The predicted octanol–water partition coefficient (Wildman–Crippen LogP) is 2.75. The minimum absolute atomic E-state index is 0.0862. The molecular formula is C22H25N3O4S. The zero-order valence-electron chi connectivity index (χ0n) is 17.3. The van der Waals surface area contributed by atoms with Crippen molar-refractivity contribution in [2.75, 3.05) is 25.1 Å². The molecule has 2 bridgehead atoms. The first-order chi connectivity index (χ1) is 14.4. The molecule has 158 valence electrons. The largest absolute Gasteiger partial charge is 0.497 e. The number of amides is 2. The van der Waals surface area contributed by atoms with Gasteiger partial charge in [0.25, 0.3) is 0 Å². The Morgan fingerprint density at radius 3 is 3.07 bits per heavy atom. The van der Waals surface area contributed by atoms with Gasteiger partial charge in [-0.2, -0.15) is 0 Å². The van der Waals surface area contributed by atoms with E-state index in [4.69, 9.17) is 9.47 Å². The van der Waals surface area contributed by atoms with E-state index in [1.54, 1.807) is 12.0 Å². The van der Waals surface area contributed by atoms with Crippen molar-refractivity contribution in [2.24, 2.45) is 17.8 Å². The van der Waals surface area contributed by atoms with Crippen LogP contribution in [0.3, 0.4) is 0 Å². The van der Waals surface area contributed by atoms with Crippen LogP contribution in [0, 0.1) is 17.8 Å². The van der Waals surface area contributed by atoms with E-state index in [1.807, 2.05) is 30.4 Å². The monoisotopic (exact) mass is 427 g/mol. The molecule has 4 heterocycles. The summed E-state index contributed by atoms with van der Waals surface area (Å²) in [5.74, 6) is 0.0555. The van der Waals surface area contributed by atoms with Crippen molar-refractivity contribution in [2.45, 2.75) is 32.0 Å². The summed E-state index contributed by atoms with van der Waals surface area (Å²) in [5, 5.41) is 3.64. The lowest BCUT2D eigenvalue weighted by atomic mass is 9.77. The van der Waals surface area contributed by atoms with Crippen molar-refractivity contribution in [3.05, 3.63) is 30.4 Å². The molecule has 4 unspecified atom stereocenters. The molecular weight excluding hydrogens is 402 g/mol. The fourth-order valence-corrected chi connectivity index (χ4v) is 5.65. The molecule has 3 aliphatic heterocycles. The Morgan fingerprint density at radius 2 is 2.30 bits per heavy atom. The predicted molar refractivity (Wildman–Crippen MR) is 115 cm³/mol. The van der Waals surface area contributed by atoms with Crippen molar-refractivity contribution in [1.82, 2.24) is 10.3 Å². The Morgan fingerprint density at radius 1 is 1.47 bits per heavy atom. The van der Waals surface area contributed by atoms with Gasteiger partial charge in [0.05, 0.1) is 41.8 Å². The molecule has 4 atom stereocenters. The maximum absolute atomic E-state index is 13.4. The molecule has 7 nitrogen and oxygen atoms in total. The number of aromatic nitrogens is 1. The van der Waals surface area contributed by atoms with Crippen LogP contribution in [0.1, 0.15) is 20.3 Å². The number of thiazole rings is 1. The minimum Gasteiger partial charge on any atom is -0.497 e. The molecule has 0 saturated carbocycles. The second-order valence-electron chi connectivity index (χ2n) is 8.63. The highest BCUT2D eigenvalue weighted by Gasteiger charge is 2.67. The molecule has 2 fully saturated rings. The first kappa shape index (κ1) is 19.5. The maximum atomic E-state index is 13.4. The summed E-state index contributed by atoms with van der Waals surface area (Å²) >= 11 is 1.46. The minimum atomic E-state index is -0.739. The Bertz CT molecular complexity index is 1050. The summed E-state index contributed by atoms with van der Waals surface area (Å²) in [7, 11) is 1.62. The van der Waals surface area contributed by atoms with E-state index in [-0.39, 0.29) is 17.9 Å². The first-order valence-corrected chi connectivity index (χ1v) is 11.1. The topological polar surface area (TPSA) is 80.8 Å². The van der Waals surface area contributed by atoms with E-state index in [0.717, 1.165) is 22.4 Å². The number of fused-ring (bicyclic) bond motifs is 2. The highest BCUT2D eigenvalue weighted by atomic mass is 32.1. The van der Waals surface area contributed by atoms with Crippen LogP contribution < -0.4 is 15.0 Å². The average Bonchev–Trinajstić information content (AvgIpc) is 3.45. The number of nitrogens with one attached hydrogen (secondary N) is 1. The fourth-order valence-electron chi connectivity index (χ4n) is 4.70. The standard InChI is InChI=1S/C22H25N3O4S/c1-12(2)7-9-23-19(26)17-15-6-8-22(29-15)11-25(20(27)18(17)22)21-24-14-10-13(28-3)4-5-16(14)30-21/h4-6,8,10,12,15,17-18H,7,9,11H2,1-3H3,(H,23,26). The van der Waals surface area contributed by atoms with Crippen molar-refractivity contribution in [3.63, 3.8) is 0 Å². The lowest BCUT2D eigenvalue weighted by Gasteiger charge is -2.23. The number of nitrogens with zero attached hydrogens (tertiary/aromatic N) is 2. The summed E-state index contributed by atoms with van der Waals surface area (Å²) in [4.78, 5) is 32.7. The van der Waals surface area contributed by atoms with Crippen LogP contribution in [0.15, 0.2) is 30.4 Å². The third-order valence-electron chi connectivity index (χ3n) is 6.24. The Kier molecular flexibility index (Phi) is 4.59. The fraction of sp³-hybridized carbons (Fsp3) is 0.500. The van der Waals surface area contributed by atoms with Crippen LogP contribution in [0.25, 0.3) is 10.2 Å². The van der Waals surface area contributed by atoms with Gasteiger partial charge in [0.15, 0.2) is 5.13 Å². The number of hydrogen-bond acceptors (Lipinski definition) is 6. The SMILES string of the molecule is COc1ccc2sc(N3CC45C=CC(O4)C(C(=O)NCCC(C)C)C5C3=O)nc2c1. The maximum Gasteiger partial charge on any atom is 0.236 e. The number of benzene rings is 1. The number of methoxy groups -OCH3 is 1. The van der Waals surface area contributed by atoms with Gasteiger partial charge in [0.2, 0.25) is 11.8 Å². The van der Waals surface area contributed by atoms with Crippen molar-refractivity contribution in [1.29, 1.82) is 0 Å². The zero-order chi connectivity index (χ0) is 21.0. The average molecular weight is 428 g/mol. The second kappa shape index (κ2) is 7.06. The summed E-state index contributed by atoms with van der Waals surface area (Å²) in [6, 6.07) is 5.69. The number of carbonyl (C=O) groups is 2. The molecule has 0 radical (unpaired) electrons. The second-order valence-corrected chi connectivity index (χ2v) is 9.64. The Hall–Kier alpha value is -2.45. The van der Waals surface area contributed by atoms with Crippen LogP contribution in [0.4, 0.5) is 5.13 Å². The van der Waals surface area contributed by atoms with Gasteiger partial charge in [-0.15, -0.1) is 0 Å². The molecule has 2 aromatic rings. The van der Waals surface area contributed by atoms with Gasteiger partial charge in [-0.25, -0.2) is 4.98 Å². The molecule has 0 aliphatic carbocycles. The highest BCUT2D eigenvalue weighted by molar-refractivity contribution is 7.22. The molecule has 1 aromatic heterocycles. The zero-order valence-corrected chi connectivity index (χ0v) is 18.1. The third-order valence-corrected chi connectivity index (χ3v) is 7.30. The van der Waals surface area contributed by atoms with Crippen molar-refractivity contribution in [3.8, 4) is 5.75 Å². The number of ether oxygens (including phenoxy) is 2. The van der Waals surface area contributed by atoms with E-state index in [1.165, 1.54) is 11.3 Å². The molecule has 1 spiro atoms. The number of rotatable bonds is 6. The number of anilines is 1. The lowest BCUT2D eigenvalue weighted by Crippen LogP contribution is -2.44. The van der Waals surface area contributed by atoms with E-state index in [9.17, 15) is 9.59 Å². The summed E-state index contributed by atoms with van der Waals surface area (Å²) < 4.78 is 12.5. The van der Waals surface area contributed by atoms with Crippen molar-refractivity contribution >= 4 is 38.5 Å². The molecule has 5 rings (SSSR count). The van der Waals surface area contributed by atoms with Gasteiger partial charge < -0.3 is 14.8 Å². The smallest absolute Gasteiger partial charge is 0.236 e. The van der Waals surface area contributed by atoms with E-state index >= 15 is 0 Å². The van der Waals surface area contributed by atoms with E-state index in [2.05, 4.69) is 24.1 Å². The van der Waals surface area contributed by atoms with Gasteiger partial charge in [-0.3, -0.25) is 14.5 Å². The Balaban J connectivity index is 1.41. The van der Waals surface area contributed by atoms with Gasteiger partial charge in [0, 0.05) is 12.6 Å². The lowest BCUT2D eigenvalue weighted by molar-refractivity contribution is -0.131. The third kappa shape index (κ3) is 2.93. The molecule has 1 aromatic carbocycles. The highest BCUT2D eigenvalue weighted by Crippen LogP contribution is 2.53. The van der Waals surface area contributed by atoms with Crippen LogP contribution in [0.5, 0.6) is 5.75 Å². The molecule has 1 N–H and O–H groups in total. The van der Waals surface area contributed by atoms with Crippen LogP contribution in [0.2, 0.25) is 0 Å². The van der Waals surface area contributed by atoms with E-state index in [0.29, 0.717) is 24.1 Å². The molecule has 8 heteroatoms. The summed E-state index contributed by atoms with van der Waals surface area (Å²) in [6.07, 6.45) is 4.47. The summed E-state index contributed by atoms with van der Waals surface area (Å²) in [5.41, 5.74) is 0.0533. The van der Waals surface area contributed by atoms with Crippen LogP contribution in [-0.2, 0) is 14.3 Å². The molecule has 30 heavy (non-hydrogen) atoms.